The van der Waals surface area contributed by atoms with Gasteiger partial charge in [-0.1, -0.05) is 36.8 Å². The van der Waals surface area contributed by atoms with Crippen LogP contribution in [0.25, 0.3) is 0 Å². The Morgan fingerprint density at radius 2 is 2.16 bits per heavy atom. The minimum absolute atomic E-state index is 0.0908. The first-order valence-electron chi connectivity index (χ1n) is 7.33. The van der Waals surface area contributed by atoms with Crippen molar-refractivity contribution in [3.05, 3.63) is 35.9 Å². The van der Waals surface area contributed by atoms with E-state index in [1.165, 1.54) is 19.3 Å². The number of nitrogens with one attached hydrogen (secondary N) is 2. The molecular weight excluding hydrogens is 236 g/mol. The summed E-state index contributed by atoms with van der Waals surface area (Å²) < 4.78 is 0. The van der Waals surface area contributed by atoms with E-state index < -0.39 is 0 Å². The third-order valence-corrected chi connectivity index (χ3v) is 3.81. The fourth-order valence-electron chi connectivity index (χ4n) is 2.61. The van der Waals surface area contributed by atoms with E-state index in [9.17, 15) is 4.79 Å². The Morgan fingerprint density at radius 1 is 1.37 bits per heavy atom. The largest absolute Gasteiger partial charge is 0.350 e. The van der Waals surface area contributed by atoms with Gasteiger partial charge in [0.2, 0.25) is 5.91 Å². The average Bonchev–Trinajstić information content (AvgIpc) is 2.47. The maximum atomic E-state index is 11.9. The zero-order valence-corrected chi connectivity index (χ0v) is 11.7. The van der Waals surface area contributed by atoms with Crippen LogP contribution in [0.5, 0.6) is 0 Å². The van der Waals surface area contributed by atoms with Crippen molar-refractivity contribution in [3.63, 3.8) is 0 Å². The minimum Gasteiger partial charge on any atom is -0.350 e. The van der Waals surface area contributed by atoms with Gasteiger partial charge in [0.1, 0.15) is 0 Å². The molecule has 1 fully saturated rings. The second-order valence-corrected chi connectivity index (χ2v) is 5.39. The van der Waals surface area contributed by atoms with E-state index in [2.05, 4.69) is 10.6 Å². The molecule has 3 nitrogen and oxygen atoms in total. The number of hydrogen-bond acceptors (Lipinski definition) is 2. The van der Waals surface area contributed by atoms with Crippen molar-refractivity contribution in [3.8, 4) is 0 Å². The van der Waals surface area contributed by atoms with Crippen LogP contribution in [-0.4, -0.2) is 18.5 Å². The highest BCUT2D eigenvalue weighted by Gasteiger charge is 2.15. The number of amides is 1. The summed E-state index contributed by atoms with van der Waals surface area (Å²) in [5.74, 6) is 0.156. The van der Waals surface area contributed by atoms with E-state index in [0.717, 1.165) is 18.5 Å². The predicted octanol–water partition coefficient (Wildman–Crippen LogP) is 2.79. The molecule has 19 heavy (non-hydrogen) atoms. The normalized spacial score (nSPS) is 20.8. The van der Waals surface area contributed by atoms with Gasteiger partial charge in [0.15, 0.2) is 0 Å². The number of carbonyl (C=O) groups is 1. The van der Waals surface area contributed by atoms with Crippen LogP contribution in [-0.2, 0) is 4.79 Å². The van der Waals surface area contributed by atoms with E-state index >= 15 is 0 Å². The quantitative estimate of drug-likeness (QED) is 0.854. The molecule has 1 aromatic carbocycles. The van der Waals surface area contributed by atoms with Gasteiger partial charge < -0.3 is 10.6 Å². The molecule has 1 heterocycles. The first-order chi connectivity index (χ1) is 9.25. The van der Waals surface area contributed by atoms with E-state index in [4.69, 9.17) is 0 Å². The molecular formula is C16H24N2O. The van der Waals surface area contributed by atoms with Crippen molar-refractivity contribution in [2.45, 2.75) is 51.1 Å². The number of benzene rings is 1. The van der Waals surface area contributed by atoms with Crippen LogP contribution < -0.4 is 10.6 Å². The van der Waals surface area contributed by atoms with E-state index in [1.807, 2.05) is 37.3 Å². The first-order valence-corrected chi connectivity index (χ1v) is 7.33. The zero-order valence-electron chi connectivity index (χ0n) is 11.7. The highest BCUT2D eigenvalue weighted by Crippen LogP contribution is 2.14. The third-order valence-electron chi connectivity index (χ3n) is 3.81. The number of hydrogen-bond donors (Lipinski definition) is 2. The van der Waals surface area contributed by atoms with Gasteiger partial charge in [0.25, 0.3) is 0 Å². The molecule has 0 bridgehead atoms. The third kappa shape index (κ3) is 4.67. The van der Waals surface area contributed by atoms with Crippen LogP contribution in [0.3, 0.4) is 0 Å². The van der Waals surface area contributed by atoms with Gasteiger partial charge in [-0.25, -0.2) is 0 Å². The molecule has 0 aromatic heterocycles. The Labute approximate surface area is 115 Å². The predicted molar refractivity (Wildman–Crippen MR) is 77.9 cm³/mol. The summed E-state index contributed by atoms with van der Waals surface area (Å²) in [5, 5.41) is 6.55. The van der Waals surface area contributed by atoms with Gasteiger partial charge in [-0.05, 0) is 38.3 Å². The SMILES string of the molecule is C[C@@H](NC(=O)CCC1CCCCN1)c1ccccc1. The minimum atomic E-state index is 0.0908. The summed E-state index contributed by atoms with van der Waals surface area (Å²) in [5.41, 5.74) is 1.16. The number of piperidine rings is 1. The molecule has 0 spiro atoms. The van der Waals surface area contributed by atoms with Gasteiger partial charge in [0, 0.05) is 12.5 Å². The smallest absolute Gasteiger partial charge is 0.220 e. The molecule has 2 atom stereocenters. The zero-order chi connectivity index (χ0) is 13.5. The molecule has 2 rings (SSSR count). The summed E-state index contributed by atoms with van der Waals surface area (Å²) in [6.07, 6.45) is 5.34. The van der Waals surface area contributed by atoms with Gasteiger partial charge in [-0.15, -0.1) is 0 Å². The lowest BCUT2D eigenvalue weighted by Gasteiger charge is -2.23. The second kappa shape index (κ2) is 7.29. The van der Waals surface area contributed by atoms with Crippen molar-refractivity contribution in [2.75, 3.05) is 6.54 Å². The molecule has 1 aliphatic heterocycles. The lowest BCUT2D eigenvalue weighted by molar-refractivity contribution is -0.122. The molecule has 0 saturated carbocycles. The van der Waals surface area contributed by atoms with Crippen LogP contribution in [0, 0.1) is 0 Å². The van der Waals surface area contributed by atoms with E-state index in [0.29, 0.717) is 12.5 Å². The molecule has 3 heteroatoms. The molecule has 2 N–H and O–H groups in total. The number of carbonyl (C=O) groups excluding carboxylic acids is 1. The number of rotatable bonds is 5. The van der Waals surface area contributed by atoms with E-state index in [1.54, 1.807) is 0 Å². The Hall–Kier alpha value is -1.35. The fraction of sp³-hybridized carbons (Fsp3) is 0.562. The Bertz CT molecular complexity index is 385. The average molecular weight is 260 g/mol. The van der Waals surface area contributed by atoms with Gasteiger partial charge in [-0.2, -0.15) is 0 Å². The second-order valence-electron chi connectivity index (χ2n) is 5.39. The van der Waals surface area contributed by atoms with Gasteiger partial charge in [0.05, 0.1) is 6.04 Å². The van der Waals surface area contributed by atoms with Crippen molar-refractivity contribution < 1.29 is 4.79 Å². The molecule has 104 valence electrons. The molecule has 1 saturated heterocycles. The Morgan fingerprint density at radius 3 is 2.84 bits per heavy atom. The highest BCUT2D eigenvalue weighted by molar-refractivity contribution is 5.76. The van der Waals surface area contributed by atoms with E-state index in [-0.39, 0.29) is 11.9 Å². The van der Waals surface area contributed by atoms with Crippen LogP contribution in [0.15, 0.2) is 30.3 Å². The summed E-state index contributed by atoms with van der Waals surface area (Å²) in [6.45, 7) is 3.14. The standard InChI is InChI=1S/C16H24N2O/c1-13(14-7-3-2-4-8-14)18-16(19)11-10-15-9-5-6-12-17-15/h2-4,7-8,13,15,17H,5-6,9-12H2,1H3,(H,18,19)/t13-,15?/m1/s1. The van der Waals surface area contributed by atoms with Crippen LogP contribution >= 0.6 is 0 Å². The topological polar surface area (TPSA) is 41.1 Å². The monoisotopic (exact) mass is 260 g/mol. The maximum absolute atomic E-state index is 11.9. The first kappa shape index (κ1) is 14.1. The lowest BCUT2D eigenvalue weighted by Crippen LogP contribution is -2.35. The Balaban J connectivity index is 1.71. The van der Waals surface area contributed by atoms with Crippen LogP contribution in [0.4, 0.5) is 0 Å². The summed E-state index contributed by atoms with van der Waals surface area (Å²) >= 11 is 0. The van der Waals surface area contributed by atoms with Gasteiger partial charge in [-0.3, -0.25) is 4.79 Å². The van der Waals surface area contributed by atoms with Crippen molar-refractivity contribution in [2.24, 2.45) is 0 Å². The highest BCUT2D eigenvalue weighted by atomic mass is 16.1. The lowest BCUT2D eigenvalue weighted by atomic mass is 10.0. The molecule has 1 amide bonds. The van der Waals surface area contributed by atoms with Crippen LogP contribution in [0.2, 0.25) is 0 Å². The molecule has 1 aliphatic rings. The van der Waals surface area contributed by atoms with Gasteiger partial charge >= 0.3 is 0 Å². The maximum Gasteiger partial charge on any atom is 0.220 e. The summed E-state index contributed by atoms with van der Waals surface area (Å²) in [4.78, 5) is 11.9. The van der Waals surface area contributed by atoms with Crippen LogP contribution in [0.1, 0.15) is 50.6 Å². The molecule has 1 unspecified atom stereocenters. The fourth-order valence-corrected chi connectivity index (χ4v) is 2.61. The van der Waals surface area contributed by atoms with Crippen molar-refractivity contribution in [1.82, 2.24) is 10.6 Å². The molecule has 1 aromatic rings. The molecule has 0 radical (unpaired) electrons. The summed E-state index contributed by atoms with van der Waals surface area (Å²) in [7, 11) is 0. The Kier molecular flexibility index (Phi) is 5.40. The van der Waals surface area contributed by atoms with Crippen molar-refractivity contribution >= 4 is 5.91 Å². The van der Waals surface area contributed by atoms with Crippen molar-refractivity contribution in [1.29, 1.82) is 0 Å². The summed E-state index contributed by atoms with van der Waals surface area (Å²) in [6, 6.07) is 10.7. The molecule has 0 aliphatic carbocycles.